The minimum absolute atomic E-state index is 0.0618. The lowest BCUT2D eigenvalue weighted by molar-refractivity contribution is -0.119. The van der Waals surface area contributed by atoms with E-state index in [-0.39, 0.29) is 24.3 Å². The lowest BCUT2D eigenvalue weighted by atomic mass is 10.1. The van der Waals surface area contributed by atoms with Crippen molar-refractivity contribution in [3.05, 3.63) is 35.2 Å². The fraction of sp³-hybridized carbons (Fsp3) is 0.438. The standard InChI is InChI=1S/C16H20ClN3O3S/c1-10(2)11(3)18-14(21)9-24-16-20-19-15(23-16)8-22-13-7-5-4-6-12(13)17/h4-7,10-11H,8-9H2,1-3H3,(H,18,21)/t11-/m1/s1. The van der Waals surface area contributed by atoms with E-state index in [1.807, 2.05) is 19.1 Å². The van der Waals surface area contributed by atoms with Crippen molar-refractivity contribution in [3.8, 4) is 5.75 Å². The first kappa shape index (κ1) is 18.6. The molecule has 2 rings (SSSR count). The van der Waals surface area contributed by atoms with Gasteiger partial charge in [-0.1, -0.05) is 49.3 Å². The Labute approximate surface area is 150 Å². The summed E-state index contributed by atoms with van der Waals surface area (Å²) >= 11 is 7.20. The van der Waals surface area contributed by atoms with Gasteiger partial charge in [-0.3, -0.25) is 4.79 Å². The molecule has 0 radical (unpaired) electrons. The largest absolute Gasteiger partial charge is 0.482 e. The van der Waals surface area contributed by atoms with Gasteiger partial charge in [-0.15, -0.1) is 10.2 Å². The highest BCUT2D eigenvalue weighted by Gasteiger charge is 2.14. The van der Waals surface area contributed by atoms with Crippen LogP contribution in [0.4, 0.5) is 0 Å². The van der Waals surface area contributed by atoms with Gasteiger partial charge in [-0.2, -0.15) is 0 Å². The van der Waals surface area contributed by atoms with Crippen molar-refractivity contribution in [2.45, 2.75) is 38.6 Å². The smallest absolute Gasteiger partial charge is 0.277 e. The normalized spacial score (nSPS) is 12.2. The van der Waals surface area contributed by atoms with Gasteiger partial charge in [0.25, 0.3) is 11.1 Å². The van der Waals surface area contributed by atoms with E-state index < -0.39 is 0 Å². The molecule has 6 nitrogen and oxygen atoms in total. The molecule has 1 aromatic heterocycles. The number of hydrogen-bond acceptors (Lipinski definition) is 6. The van der Waals surface area contributed by atoms with Crippen LogP contribution in [-0.4, -0.2) is 27.9 Å². The zero-order valence-corrected chi connectivity index (χ0v) is 15.4. The fourth-order valence-corrected chi connectivity index (χ4v) is 2.43. The number of carbonyl (C=O) groups is 1. The van der Waals surface area contributed by atoms with Crippen molar-refractivity contribution < 1.29 is 13.9 Å². The molecule has 1 heterocycles. The van der Waals surface area contributed by atoms with Crippen LogP contribution >= 0.6 is 23.4 Å². The third kappa shape index (κ3) is 5.72. The maximum Gasteiger partial charge on any atom is 0.277 e. The molecule has 130 valence electrons. The fourth-order valence-electron chi connectivity index (χ4n) is 1.65. The highest BCUT2D eigenvalue weighted by atomic mass is 35.5. The number of hydrogen-bond donors (Lipinski definition) is 1. The average molecular weight is 370 g/mol. The van der Waals surface area contributed by atoms with Gasteiger partial charge in [0, 0.05) is 6.04 Å². The van der Waals surface area contributed by atoms with Crippen LogP contribution in [0.25, 0.3) is 0 Å². The highest BCUT2D eigenvalue weighted by Crippen LogP contribution is 2.24. The quantitative estimate of drug-likeness (QED) is 0.717. The van der Waals surface area contributed by atoms with Crippen molar-refractivity contribution in [2.75, 3.05) is 5.75 Å². The Morgan fingerprint density at radius 2 is 2.08 bits per heavy atom. The van der Waals surface area contributed by atoms with Crippen LogP contribution in [0.15, 0.2) is 33.9 Å². The van der Waals surface area contributed by atoms with Crippen molar-refractivity contribution in [1.82, 2.24) is 15.5 Å². The monoisotopic (exact) mass is 369 g/mol. The number of nitrogens with one attached hydrogen (secondary N) is 1. The SMILES string of the molecule is CC(C)[C@@H](C)NC(=O)CSc1nnc(COc2ccccc2Cl)o1. The van der Waals surface area contributed by atoms with E-state index in [1.165, 1.54) is 11.8 Å². The molecular formula is C16H20ClN3O3S. The molecule has 8 heteroatoms. The van der Waals surface area contributed by atoms with Gasteiger partial charge in [0.15, 0.2) is 6.61 Å². The summed E-state index contributed by atoms with van der Waals surface area (Å²) in [5.74, 6) is 1.43. The van der Waals surface area contributed by atoms with Crippen molar-refractivity contribution in [1.29, 1.82) is 0 Å². The summed E-state index contributed by atoms with van der Waals surface area (Å²) in [5, 5.41) is 11.6. The molecule has 1 N–H and O–H groups in total. The molecular weight excluding hydrogens is 350 g/mol. The molecule has 0 unspecified atom stereocenters. The van der Waals surface area contributed by atoms with Crippen LogP contribution in [0.2, 0.25) is 5.02 Å². The first-order chi connectivity index (χ1) is 11.5. The third-order valence-electron chi connectivity index (χ3n) is 3.35. The second-order valence-electron chi connectivity index (χ2n) is 5.57. The second kappa shape index (κ2) is 8.94. The summed E-state index contributed by atoms with van der Waals surface area (Å²) in [6.07, 6.45) is 0. The van der Waals surface area contributed by atoms with Crippen LogP contribution in [-0.2, 0) is 11.4 Å². The molecule has 2 aromatic rings. The van der Waals surface area contributed by atoms with Gasteiger partial charge in [0.05, 0.1) is 10.8 Å². The molecule has 24 heavy (non-hydrogen) atoms. The lowest BCUT2D eigenvalue weighted by Crippen LogP contribution is -2.37. The van der Waals surface area contributed by atoms with Crippen molar-refractivity contribution in [2.24, 2.45) is 5.92 Å². The number of carbonyl (C=O) groups excluding carboxylic acids is 1. The Morgan fingerprint density at radius 1 is 1.33 bits per heavy atom. The topological polar surface area (TPSA) is 77.2 Å². The van der Waals surface area contributed by atoms with E-state index in [1.54, 1.807) is 12.1 Å². The Hall–Kier alpha value is -1.73. The number of ether oxygens (including phenoxy) is 1. The first-order valence-corrected chi connectivity index (χ1v) is 8.94. The van der Waals surface area contributed by atoms with Crippen LogP contribution in [0, 0.1) is 5.92 Å². The third-order valence-corrected chi connectivity index (χ3v) is 4.48. The van der Waals surface area contributed by atoms with Crippen molar-refractivity contribution in [3.63, 3.8) is 0 Å². The minimum Gasteiger partial charge on any atom is -0.482 e. The number of para-hydroxylation sites is 1. The molecule has 1 atom stereocenters. The van der Waals surface area contributed by atoms with Crippen LogP contribution < -0.4 is 10.1 Å². The zero-order valence-electron chi connectivity index (χ0n) is 13.8. The van der Waals surface area contributed by atoms with Crippen LogP contribution in [0.5, 0.6) is 5.75 Å². The lowest BCUT2D eigenvalue weighted by Gasteiger charge is -2.16. The maximum absolute atomic E-state index is 11.8. The Bertz CT molecular complexity index is 678. The van der Waals surface area contributed by atoms with Gasteiger partial charge >= 0.3 is 0 Å². The number of halogens is 1. The summed E-state index contributed by atoms with van der Waals surface area (Å²) in [4.78, 5) is 11.8. The molecule has 0 aliphatic carbocycles. The summed E-state index contributed by atoms with van der Waals surface area (Å²) < 4.78 is 11.0. The van der Waals surface area contributed by atoms with E-state index in [0.717, 1.165) is 0 Å². The predicted octanol–water partition coefficient (Wildman–Crippen LogP) is 3.55. The van der Waals surface area contributed by atoms with E-state index in [0.29, 0.717) is 27.8 Å². The number of thioether (sulfide) groups is 1. The van der Waals surface area contributed by atoms with E-state index in [2.05, 4.69) is 29.4 Å². The molecule has 1 amide bonds. The van der Waals surface area contributed by atoms with E-state index >= 15 is 0 Å². The second-order valence-corrected chi connectivity index (χ2v) is 6.90. The molecule has 0 saturated heterocycles. The molecule has 0 saturated carbocycles. The Kier molecular flexibility index (Phi) is 6.93. The predicted molar refractivity (Wildman–Crippen MR) is 93.2 cm³/mol. The van der Waals surface area contributed by atoms with Crippen molar-refractivity contribution >= 4 is 29.3 Å². The maximum atomic E-state index is 11.8. The average Bonchev–Trinajstić information content (AvgIpc) is 3.00. The Balaban J connectivity index is 1.79. The number of benzene rings is 1. The summed E-state index contributed by atoms with van der Waals surface area (Å²) in [7, 11) is 0. The molecule has 0 aliphatic rings. The number of amides is 1. The summed E-state index contributed by atoms with van der Waals surface area (Å²) in [6.45, 7) is 6.21. The molecule has 0 bridgehead atoms. The number of aromatic nitrogens is 2. The van der Waals surface area contributed by atoms with E-state index in [4.69, 9.17) is 20.8 Å². The molecule has 0 aliphatic heterocycles. The molecule has 0 spiro atoms. The summed E-state index contributed by atoms with van der Waals surface area (Å²) in [6, 6.07) is 7.27. The van der Waals surface area contributed by atoms with E-state index in [9.17, 15) is 4.79 Å². The molecule has 0 fully saturated rings. The van der Waals surface area contributed by atoms with Gasteiger partial charge in [0.1, 0.15) is 5.75 Å². The Morgan fingerprint density at radius 3 is 2.79 bits per heavy atom. The number of rotatable bonds is 8. The zero-order chi connectivity index (χ0) is 17.5. The van der Waals surface area contributed by atoms with Gasteiger partial charge < -0.3 is 14.5 Å². The van der Waals surface area contributed by atoms with Crippen LogP contribution in [0.3, 0.4) is 0 Å². The van der Waals surface area contributed by atoms with Gasteiger partial charge in [-0.05, 0) is 25.0 Å². The van der Waals surface area contributed by atoms with Gasteiger partial charge in [0.2, 0.25) is 5.91 Å². The summed E-state index contributed by atoms with van der Waals surface area (Å²) in [5.41, 5.74) is 0. The van der Waals surface area contributed by atoms with Crippen LogP contribution in [0.1, 0.15) is 26.7 Å². The highest BCUT2D eigenvalue weighted by molar-refractivity contribution is 7.99. The number of nitrogens with zero attached hydrogens (tertiary/aromatic N) is 2. The van der Waals surface area contributed by atoms with Gasteiger partial charge in [-0.25, -0.2) is 0 Å². The molecule has 1 aromatic carbocycles. The minimum atomic E-state index is -0.0618. The first-order valence-electron chi connectivity index (χ1n) is 7.57.